The minimum Gasteiger partial charge on any atom is -0.312 e. The molecule has 0 unspecified atom stereocenters. The van der Waals surface area contributed by atoms with Crippen molar-refractivity contribution < 1.29 is 0 Å². The summed E-state index contributed by atoms with van der Waals surface area (Å²) in [6.45, 7) is 6.20. The van der Waals surface area contributed by atoms with Gasteiger partial charge in [0.25, 0.3) is 0 Å². The van der Waals surface area contributed by atoms with Crippen molar-refractivity contribution in [2.45, 2.75) is 33.0 Å². The molecule has 0 amide bonds. The van der Waals surface area contributed by atoms with E-state index in [0.29, 0.717) is 0 Å². The Morgan fingerprint density at radius 1 is 1.05 bits per heavy atom. The summed E-state index contributed by atoms with van der Waals surface area (Å²) >= 11 is 7.81. The summed E-state index contributed by atoms with van der Waals surface area (Å²) in [4.78, 5) is 5.16. The molecule has 0 spiro atoms. The van der Waals surface area contributed by atoms with Gasteiger partial charge in [0, 0.05) is 34.4 Å². The minimum absolute atomic E-state index is 0.795. The lowest BCUT2D eigenvalue weighted by Gasteiger charge is -2.15. The maximum atomic E-state index is 5.91. The average Bonchev–Trinajstić information content (AvgIpc) is 2.89. The Kier molecular flexibility index (Phi) is 6.71. The van der Waals surface area contributed by atoms with Crippen LogP contribution >= 0.6 is 22.9 Å². The van der Waals surface area contributed by atoms with Gasteiger partial charge in [-0.05, 0) is 49.8 Å². The van der Waals surface area contributed by atoms with Gasteiger partial charge in [-0.3, -0.25) is 4.90 Å². The Bertz CT molecular complexity index is 536. The van der Waals surface area contributed by atoms with Gasteiger partial charge in [-0.2, -0.15) is 0 Å². The molecule has 0 aliphatic heterocycles. The fourth-order valence-electron chi connectivity index (χ4n) is 2.21. The Labute approximate surface area is 136 Å². The van der Waals surface area contributed by atoms with Gasteiger partial charge in [-0.25, -0.2) is 0 Å². The summed E-state index contributed by atoms with van der Waals surface area (Å²) in [6, 6.07) is 12.6. The molecule has 114 valence electrons. The number of hydrogen-bond donors (Lipinski definition) is 1. The highest BCUT2D eigenvalue weighted by Crippen LogP contribution is 2.19. The van der Waals surface area contributed by atoms with E-state index in [4.69, 9.17) is 11.6 Å². The second-order valence-corrected chi connectivity index (χ2v) is 7.03. The minimum atomic E-state index is 0.795. The van der Waals surface area contributed by atoms with Gasteiger partial charge in [0.15, 0.2) is 0 Å². The fourth-order valence-corrected chi connectivity index (χ4v) is 3.41. The highest BCUT2D eigenvalue weighted by atomic mass is 35.5. The van der Waals surface area contributed by atoms with Crippen molar-refractivity contribution in [3.63, 3.8) is 0 Å². The SMILES string of the molecule is CCCNCc1ccc(CN(C)Cc2ccc(Cl)cc2)s1. The number of hydrogen-bond acceptors (Lipinski definition) is 3. The number of benzene rings is 1. The lowest BCUT2D eigenvalue weighted by molar-refractivity contribution is 0.322. The fraction of sp³-hybridized carbons (Fsp3) is 0.412. The molecule has 0 atom stereocenters. The molecule has 1 heterocycles. The van der Waals surface area contributed by atoms with Crippen molar-refractivity contribution in [1.29, 1.82) is 0 Å². The first-order valence-corrected chi connectivity index (χ1v) is 8.58. The van der Waals surface area contributed by atoms with Crippen molar-refractivity contribution in [3.8, 4) is 0 Å². The summed E-state index contributed by atoms with van der Waals surface area (Å²) in [7, 11) is 2.16. The monoisotopic (exact) mass is 322 g/mol. The van der Waals surface area contributed by atoms with E-state index in [1.54, 1.807) is 0 Å². The van der Waals surface area contributed by atoms with Gasteiger partial charge in [-0.15, -0.1) is 11.3 Å². The summed E-state index contributed by atoms with van der Waals surface area (Å²) in [5, 5.41) is 4.24. The Hall–Kier alpha value is -0.870. The first-order valence-electron chi connectivity index (χ1n) is 7.38. The van der Waals surface area contributed by atoms with Crippen LogP contribution in [0.5, 0.6) is 0 Å². The highest BCUT2D eigenvalue weighted by Gasteiger charge is 2.05. The maximum Gasteiger partial charge on any atom is 0.0406 e. The predicted molar refractivity (Wildman–Crippen MR) is 92.9 cm³/mol. The zero-order valence-electron chi connectivity index (χ0n) is 12.7. The smallest absolute Gasteiger partial charge is 0.0406 e. The van der Waals surface area contributed by atoms with Crippen LogP contribution in [0.4, 0.5) is 0 Å². The molecule has 1 aromatic carbocycles. The van der Waals surface area contributed by atoms with Gasteiger partial charge in [0.1, 0.15) is 0 Å². The molecule has 0 fully saturated rings. The Morgan fingerprint density at radius 3 is 2.48 bits per heavy atom. The summed E-state index contributed by atoms with van der Waals surface area (Å²) in [6.07, 6.45) is 1.18. The van der Waals surface area contributed by atoms with E-state index < -0.39 is 0 Å². The molecule has 0 saturated heterocycles. The topological polar surface area (TPSA) is 15.3 Å². The van der Waals surface area contributed by atoms with Gasteiger partial charge in [-0.1, -0.05) is 30.7 Å². The quantitative estimate of drug-likeness (QED) is 0.718. The molecule has 0 bridgehead atoms. The Morgan fingerprint density at radius 2 is 1.76 bits per heavy atom. The molecule has 0 radical (unpaired) electrons. The van der Waals surface area contributed by atoms with Crippen LogP contribution in [0.15, 0.2) is 36.4 Å². The predicted octanol–water partition coefficient (Wildman–Crippen LogP) is 4.53. The third-order valence-corrected chi connectivity index (χ3v) is 4.56. The molecule has 2 aromatic rings. The van der Waals surface area contributed by atoms with E-state index in [1.807, 2.05) is 23.5 Å². The molecule has 2 rings (SSSR count). The average molecular weight is 323 g/mol. The van der Waals surface area contributed by atoms with E-state index in [0.717, 1.165) is 31.2 Å². The molecule has 0 aliphatic rings. The van der Waals surface area contributed by atoms with Crippen LogP contribution in [0.25, 0.3) is 0 Å². The van der Waals surface area contributed by atoms with Crippen LogP contribution in [0, 0.1) is 0 Å². The molecule has 1 N–H and O–H groups in total. The first kappa shape index (κ1) is 16.5. The van der Waals surface area contributed by atoms with E-state index in [1.165, 1.54) is 21.7 Å². The molecular weight excluding hydrogens is 300 g/mol. The van der Waals surface area contributed by atoms with Crippen molar-refractivity contribution in [1.82, 2.24) is 10.2 Å². The van der Waals surface area contributed by atoms with Crippen LogP contribution in [0.2, 0.25) is 5.02 Å². The molecule has 21 heavy (non-hydrogen) atoms. The summed E-state index contributed by atoms with van der Waals surface area (Å²) < 4.78 is 0. The number of thiophene rings is 1. The van der Waals surface area contributed by atoms with Gasteiger partial charge in [0.2, 0.25) is 0 Å². The summed E-state index contributed by atoms with van der Waals surface area (Å²) in [5.41, 5.74) is 1.29. The molecular formula is C17H23ClN2S. The lowest BCUT2D eigenvalue weighted by atomic mass is 10.2. The van der Waals surface area contributed by atoms with Gasteiger partial charge >= 0.3 is 0 Å². The van der Waals surface area contributed by atoms with Crippen LogP contribution in [0.1, 0.15) is 28.7 Å². The maximum absolute atomic E-state index is 5.91. The van der Waals surface area contributed by atoms with Gasteiger partial charge in [0.05, 0.1) is 0 Å². The molecule has 0 aliphatic carbocycles. The van der Waals surface area contributed by atoms with Crippen LogP contribution < -0.4 is 5.32 Å². The van der Waals surface area contributed by atoms with Crippen LogP contribution in [-0.2, 0) is 19.6 Å². The van der Waals surface area contributed by atoms with Crippen molar-refractivity contribution >= 4 is 22.9 Å². The lowest BCUT2D eigenvalue weighted by Crippen LogP contribution is -2.16. The van der Waals surface area contributed by atoms with E-state index in [-0.39, 0.29) is 0 Å². The second-order valence-electron chi connectivity index (χ2n) is 5.34. The van der Waals surface area contributed by atoms with Crippen molar-refractivity contribution in [2.75, 3.05) is 13.6 Å². The normalized spacial score (nSPS) is 11.2. The Balaban J connectivity index is 1.82. The first-order chi connectivity index (χ1) is 10.2. The third-order valence-electron chi connectivity index (χ3n) is 3.23. The van der Waals surface area contributed by atoms with Crippen molar-refractivity contribution in [2.24, 2.45) is 0 Å². The standard InChI is InChI=1S/C17H23ClN2S/c1-3-10-19-11-16-8-9-17(21-16)13-20(2)12-14-4-6-15(18)7-5-14/h4-9,19H,3,10-13H2,1-2H3. The van der Waals surface area contributed by atoms with E-state index in [9.17, 15) is 0 Å². The van der Waals surface area contributed by atoms with Crippen LogP contribution in [0.3, 0.4) is 0 Å². The zero-order valence-corrected chi connectivity index (χ0v) is 14.3. The van der Waals surface area contributed by atoms with Crippen LogP contribution in [-0.4, -0.2) is 18.5 Å². The van der Waals surface area contributed by atoms with E-state index >= 15 is 0 Å². The number of halogens is 1. The highest BCUT2D eigenvalue weighted by molar-refractivity contribution is 7.11. The molecule has 0 saturated carbocycles. The number of rotatable bonds is 8. The summed E-state index contributed by atoms with van der Waals surface area (Å²) in [5.74, 6) is 0. The number of nitrogens with one attached hydrogen (secondary N) is 1. The van der Waals surface area contributed by atoms with E-state index in [2.05, 4.69) is 48.5 Å². The molecule has 2 nitrogen and oxygen atoms in total. The van der Waals surface area contributed by atoms with Crippen molar-refractivity contribution in [3.05, 3.63) is 56.7 Å². The zero-order chi connectivity index (χ0) is 15.1. The number of nitrogens with zero attached hydrogens (tertiary/aromatic N) is 1. The third kappa shape index (κ3) is 5.79. The molecule has 4 heteroatoms. The largest absolute Gasteiger partial charge is 0.312 e. The second kappa shape index (κ2) is 8.54. The molecule has 1 aromatic heterocycles. The van der Waals surface area contributed by atoms with Gasteiger partial charge < -0.3 is 5.32 Å².